The van der Waals surface area contributed by atoms with E-state index >= 15 is 0 Å². The topological polar surface area (TPSA) is 31.4 Å². The molecule has 2 fully saturated rings. The predicted octanol–water partition coefficient (Wildman–Crippen LogP) is 1.82. The summed E-state index contributed by atoms with van der Waals surface area (Å²) in [5, 5.41) is 6.84. The monoisotopic (exact) mass is 294 g/mol. The zero-order valence-corrected chi connectivity index (χ0v) is 13.5. The Morgan fingerprint density at radius 3 is 2.80 bits per heavy atom. The highest BCUT2D eigenvalue weighted by Gasteiger charge is 2.32. The lowest BCUT2D eigenvalue weighted by Gasteiger charge is -2.40. The summed E-state index contributed by atoms with van der Waals surface area (Å²) in [7, 11) is 0. The molecule has 2 unspecified atom stereocenters. The van der Waals surface area contributed by atoms with Gasteiger partial charge in [0.15, 0.2) is 0 Å². The van der Waals surface area contributed by atoms with Crippen LogP contribution in [-0.4, -0.2) is 60.6 Å². The second-order valence-corrected chi connectivity index (χ2v) is 7.52. The Kier molecular flexibility index (Phi) is 4.40. The molecule has 1 aromatic rings. The van der Waals surface area contributed by atoms with Crippen molar-refractivity contribution in [2.75, 3.05) is 45.8 Å². The van der Waals surface area contributed by atoms with Crippen LogP contribution in [-0.2, 0) is 0 Å². The average Bonchev–Trinajstić information content (AvgIpc) is 3.10. The molecule has 0 amide bonds. The van der Waals surface area contributed by atoms with E-state index in [0.29, 0.717) is 11.5 Å². The van der Waals surface area contributed by atoms with Crippen molar-refractivity contribution in [3.05, 3.63) is 16.6 Å². The molecule has 3 rings (SSSR count). The third kappa shape index (κ3) is 3.22. The number of piperazine rings is 1. The minimum atomic E-state index is 0.473. The van der Waals surface area contributed by atoms with Gasteiger partial charge in [0.25, 0.3) is 0 Å². The molecule has 2 saturated heterocycles. The zero-order chi connectivity index (χ0) is 14.0. The van der Waals surface area contributed by atoms with E-state index in [9.17, 15) is 0 Å². The highest BCUT2D eigenvalue weighted by atomic mass is 32.1. The van der Waals surface area contributed by atoms with Gasteiger partial charge in [-0.15, -0.1) is 11.3 Å². The van der Waals surface area contributed by atoms with E-state index in [0.717, 1.165) is 0 Å². The van der Waals surface area contributed by atoms with Crippen LogP contribution in [0.3, 0.4) is 0 Å². The third-order valence-electron chi connectivity index (χ3n) is 4.83. The van der Waals surface area contributed by atoms with Gasteiger partial charge in [0.05, 0.1) is 6.04 Å². The summed E-state index contributed by atoms with van der Waals surface area (Å²) in [5.74, 6) is 0. The Labute approximate surface area is 126 Å². The summed E-state index contributed by atoms with van der Waals surface area (Å²) in [4.78, 5) is 9.68. The van der Waals surface area contributed by atoms with Crippen LogP contribution in [0.15, 0.2) is 11.6 Å². The summed E-state index contributed by atoms with van der Waals surface area (Å²) >= 11 is 1.78. The Bertz CT molecular complexity index is 406. The summed E-state index contributed by atoms with van der Waals surface area (Å²) in [5.41, 5.74) is 0.489. The van der Waals surface area contributed by atoms with Gasteiger partial charge < -0.3 is 10.2 Å². The Morgan fingerprint density at radius 1 is 1.40 bits per heavy atom. The molecule has 2 atom stereocenters. The number of hydrogen-bond donors (Lipinski definition) is 1. The number of rotatable bonds is 4. The van der Waals surface area contributed by atoms with Crippen LogP contribution < -0.4 is 5.32 Å². The Balaban J connectivity index is 1.49. The maximum Gasteiger partial charge on any atom is 0.109 e. The van der Waals surface area contributed by atoms with Crippen molar-refractivity contribution in [3.63, 3.8) is 0 Å². The van der Waals surface area contributed by atoms with Gasteiger partial charge >= 0.3 is 0 Å². The molecule has 5 heteroatoms. The van der Waals surface area contributed by atoms with Crippen LogP contribution in [0.25, 0.3) is 0 Å². The van der Waals surface area contributed by atoms with Crippen molar-refractivity contribution in [1.82, 2.24) is 20.1 Å². The zero-order valence-electron chi connectivity index (χ0n) is 12.6. The predicted molar refractivity (Wildman–Crippen MR) is 84.1 cm³/mol. The van der Waals surface area contributed by atoms with E-state index in [2.05, 4.69) is 39.3 Å². The second-order valence-electron chi connectivity index (χ2n) is 6.60. The largest absolute Gasteiger partial charge is 0.316 e. The number of thiazole rings is 1. The maximum atomic E-state index is 4.46. The maximum absolute atomic E-state index is 4.46. The van der Waals surface area contributed by atoms with Gasteiger partial charge in [0.1, 0.15) is 5.01 Å². The van der Waals surface area contributed by atoms with Crippen LogP contribution >= 0.6 is 11.3 Å². The fourth-order valence-electron chi connectivity index (χ4n) is 3.45. The van der Waals surface area contributed by atoms with Gasteiger partial charge in [-0.1, -0.05) is 6.92 Å². The third-order valence-corrected chi connectivity index (χ3v) is 5.77. The van der Waals surface area contributed by atoms with Gasteiger partial charge in [-0.25, -0.2) is 4.98 Å². The molecule has 4 nitrogen and oxygen atoms in total. The molecule has 112 valence electrons. The molecule has 0 radical (unpaired) electrons. The molecule has 3 heterocycles. The number of hydrogen-bond acceptors (Lipinski definition) is 5. The summed E-state index contributed by atoms with van der Waals surface area (Å²) in [6, 6.07) is 0.473. The summed E-state index contributed by atoms with van der Waals surface area (Å²) < 4.78 is 0. The van der Waals surface area contributed by atoms with E-state index in [4.69, 9.17) is 0 Å². The SMILES string of the molecule is CC(c1nccs1)N1CCN(CC2(C)CCNC2)CC1. The molecule has 1 N–H and O–H groups in total. The smallest absolute Gasteiger partial charge is 0.109 e. The number of aromatic nitrogens is 1. The van der Waals surface area contributed by atoms with Gasteiger partial charge in [-0.2, -0.15) is 0 Å². The van der Waals surface area contributed by atoms with Gasteiger partial charge in [-0.3, -0.25) is 4.90 Å². The molecule has 0 aromatic carbocycles. The fraction of sp³-hybridized carbons (Fsp3) is 0.800. The number of nitrogens with one attached hydrogen (secondary N) is 1. The van der Waals surface area contributed by atoms with Gasteiger partial charge in [0, 0.05) is 50.8 Å². The molecule has 0 saturated carbocycles. The average molecular weight is 294 g/mol. The van der Waals surface area contributed by atoms with Gasteiger partial charge in [0.2, 0.25) is 0 Å². The van der Waals surface area contributed by atoms with E-state index in [1.807, 2.05) is 6.20 Å². The first-order valence-electron chi connectivity index (χ1n) is 7.73. The Morgan fingerprint density at radius 2 is 2.20 bits per heavy atom. The van der Waals surface area contributed by atoms with E-state index < -0.39 is 0 Å². The molecular formula is C15H26N4S. The lowest BCUT2D eigenvalue weighted by Crippen LogP contribution is -2.50. The highest BCUT2D eigenvalue weighted by molar-refractivity contribution is 7.09. The van der Waals surface area contributed by atoms with Crippen LogP contribution in [0.4, 0.5) is 0 Å². The molecule has 1 aromatic heterocycles. The molecular weight excluding hydrogens is 268 g/mol. The molecule has 0 spiro atoms. The first kappa shape index (κ1) is 14.4. The van der Waals surface area contributed by atoms with Crippen molar-refractivity contribution in [2.45, 2.75) is 26.3 Å². The first-order chi connectivity index (χ1) is 9.66. The van der Waals surface area contributed by atoms with E-state index in [-0.39, 0.29) is 0 Å². The molecule has 2 aliphatic rings. The quantitative estimate of drug-likeness (QED) is 0.918. The minimum Gasteiger partial charge on any atom is -0.316 e. The summed E-state index contributed by atoms with van der Waals surface area (Å²) in [6.45, 7) is 13.1. The van der Waals surface area contributed by atoms with E-state index in [1.165, 1.54) is 57.2 Å². The lowest BCUT2D eigenvalue weighted by molar-refractivity contribution is 0.0760. The molecule has 2 aliphatic heterocycles. The lowest BCUT2D eigenvalue weighted by atomic mass is 9.89. The van der Waals surface area contributed by atoms with Crippen LogP contribution in [0.1, 0.15) is 31.3 Å². The van der Waals surface area contributed by atoms with Crippen LogP contribution in [0.2, 0.25) is 0 Å². The normalized spacial score (nSPS) is 30.7. The molecule has 0 bridgehead atoms. The summed E-state index contributed by atoms with van der Waals surface area (Å²) in [6.07, 6.45) is 3.24. The standard InChI is InChI=1S/C15H26N4S/c1-13(14-17-5-10-20-14)19-8-6-18(7-9-19)12-15(2)3-4-16-11-15/h5,10,13,16H,3-4,6-9,11-12H2,1-2H3. The van der Waals surface area contributed by atoms with Crippen molar-refractivity contribution in [1.29, 1.82) is 0 Å². The molecule has 0 aliphatic carbocycles. The van der Waals surface area contributed by atoms with Crippen LogP contribution in [0, 0.1) is 5.41 Å². The van der Waals surface area contributed by atoms with Gasteiger partial charge in [-0.05, 0) is 25.3 Å². The first-order valence-corrected chi connectivity index (χ1v) is 8.61. The minimum absolute atomic E-state index is 0.473. The van der Waals surface area contributed by atoms with E-state index in [1.54, 1.807) is 11.3 Å². The molecule has 20 heavy (non-hydrogen) atoms. The number of nitrogens with zero attached hydrogens (tertiary/aromatic N) is 3. The van der Waals surface area contributed by atoms with Crippen molar-refractivity contribution in [3.8, 4) is 0 Å². The van der Waals surface area contributed by atoms with Crippen molar-refractivity contribution >= 4 is 11.3 Å². The van der Waals surface area contributed by atoms with Crippen molar-refractivity contribution < 1.29 is 0 Å². The highest BCUT2D eigenvalue weighted by Crippen LogP contribution is 2.27. The van der Waals surface area contributed by atoms with Crippen molar-refractivity contribution in [2.24, 2.45) is 5.41 Å². The fourth-order valence-corrected chi connectivity index (χ4v) is 4.18. The Hall–Kier alpha value is -0.490. The van der Waals surface area contributed by atoms with Crippen LogP contribution in [0.5, 0.6) is 0 Å². The second kappa shape index (κ2) is 6.10.